The summed E-state index contributed by atoms with van der Waals surface area (Å²) < 4.78 is 12.6. The molecule has 2 atom stereocenters. The van der Waals surface area contributed by atoms with E-state index in [1.807, 2.05) is 0 Å². The van der Waals surface area contributed by atoms with Gasteiger partial charge in [0.15, 0.2) is 5.79 Å². The van der Waals surface area contributed by atoms with Crippen LogP contribution in [0.25, 0.3) is 0 Å². The minimum absolute atomic E-state index is 0.00401. The number of rotatable bonds is 5. The maximum Gasteiger partial charge on any atom is 0.170 e. The third-order valence-corrected chi connectivity index (χ3v) is 10.7. The van der Waals surface area contributed by atoms with Crippen molar-refractivity contribution in [2.75, 3.05) is 19.9 Å². The Morgan fingerprint density at radius 2 is 1.38 bits per heavy atom. The molecule has 2 saturated heterocycles. The summed E-state index contributed by atoms with van der Waals surface area (Å²) in [6.45, 7) is 13.9. The monoisotopic (exact) mass is 314 g/mol. The van der Waals surface area contributed by atoms with Gasteiger partial charge in [0.25, 0.3) is 0 Å². The maximum absolute atomic E-state index is 6.31. The van der Waals surface area contributed by atoms with Crippen LogP contribution in [0.3, 0.4) is 0 Å². The van der Waals surface area contributed by atoms with Gasteiger partial charge in [0.05, 0.1) is 13.2 Å². The Balaban J connectivity index is 2.40. The molecule has 2 aliphatic rings. The summed E-state index contributed by atoms with van der Waals surface area (Å²) in [4.78, 5) is 0. The molecule has 2 unspecified atom stereocenters. The first-order valence-corrected chi connectivity index (χ1v) is 10.8. The highest BCUT2D eigenvalue weighted by Gasteiger charge is 2.58. The van der Waals surface area contributed by atoms with Gasteiger partial charge in [0, 0.05) is 12.8 Å². The molecule has 0 aromatic rings. The van der Waals surface area contributed by atoms with Crippen molar-refractivity contribution in [2.24, 2.45) is 0 Å². The fraction of sp³-hybridized carbons (Fsp3) is 1.00. The Bertz CT molecular complexity index is 334. The van der Waals surface area contributed by atoms with Gasteiger partial charge in [-0.3, -0.25) is 0 Å². The van der Waals surface area contributed by atoms with Crippen LogP contribution in [0.15, 0.2) is 0 Å². The van der Waals surface area contributed by atoms with E-state index in [9.17, 15) is 0 Å². The third kappa shape index (κ3) is 3.06. The second-order valence-electron chi connectivity index (χ2n) is 7.13. The molecule has 1 spiro atoms. The van der Waals surface area contributed by atoms with E-state index in [-0.39, 0.29) is 13.7 Å². The second kappa shape index (κ2) is 6.85. The SMILES string of the molecule is CCCC1(CC)CC2(CC(CC)(CC)P1C)OCCCO2. The summed E-state index contributed by atoms with van der Waals surface area (Å²) in [6.07, 6.45) is 9.74. The largest absolute Gasteiger partial charge is 0.350 e. The lowest BCUT2D eigenvalue weighted by atomic mass is 9.82. The van der Waals surface area contributed by atoms with Gasteiger partial charge < -0.3 is 9.47 Å². The van der Waals surface area contributed by atoms with E-state index in [0.717, 1.165) is 32.5 Å². The molecule has 124 valence electrons. The molecule has 0 aromatic heterocycles. The van der Waals surface area contributed by atoms with Crippen LogP contribution in [0.1, 0.15) is 79.1 Å². The second-order valence-corrected chi connectivity index (χ2v) is 10.1. The van der Waals surface area contributed by atoms with E-state index in [1.54, 1.807) is 0 Å². The number of ether oxygens (including phenoxy) is 2. The molecular formula is C18H35O2P. The van der Waals surface area contributed by atoms with Gasteiger partial charge in [-0.15, -0.1) is 0 Å². The van der Waals surface area contributed by atoms with Crippen molar-refractivity contribution >= 4 is 7.92 Å². The lowest BCUT2D eigenvalue weighted by Crippen LogP contribution is -2.57. The molecule has 0 aliphatic carbocycles. The van der Waals surface area contributed by atoms with Gasteiger partial charge in [0.2, 0.25) is 0 Å². The topological polar surface area (TPSA) is 18.5 Å². The van der Waals surface area contributed by atoms with E-state index < -0.39 is 0 Å². The average Bonchev–Trinajstić information content (AvgIpc) is 2.52. The standard InChI is InChI=1S/C18H35O2P/c1-6-11-17(9-4)15-18(19-12-10-13-20-18)14-16(7-2,8-3)21(17)5/h6-15H2,1-5H3. The van der Waals surface area contributed by atoms with Crippen LogP contribution in [0.2, 0.25) is 0 Å². The zero-order valence-electron chi connectivity index (χ0n) is 14.8. The Labute approximate surface area is 133 Å². The summed E-state index contributed by atoms with van der Waals surface area (Å²) in [5.41, 5.74) is 0. The molecule has 3 heteroatoms. The lowest BCUT2D eigenvalue weighted by Gasteiger charge is -2.60. The molecule has 0 aromatic carbocycles. The van der Waals surface area contributed by atoms with Gasteiger partial charge in [-0.25, -0.2) is 0 Å². The summed E-state index contributed by atoms with van der Waals surface area (Å²) in [5.74, 6) is -0.274. The average molecular weight is 314 g/mol. The molecule has 0 radical (unpaired) electrons. The predicted octanol–water partition coefficient (Wildman–Crippen LogP) is 5.53. The Morgan fingerprint density at radius 1 is 0.857 bits per heavy atom. The summed E-state index contributed by atoms with van der Waals surface area (Å²) >= 11 is 0. The van der Waals surface area contributed by atoms with E-state index in [2.05, 4.69) is 34.4 Å². The van der Waals surface area contributed by atoms with Crippen LogP contribution < -0.4 is 0 Å². The van der Waals surface area contributed by atoms with Gasteiger partial charge in [-0.2, -0.15) is 0 Å². The zero-order chi connectivity index (χ0) is 15.6. The van der Waals surface area contributed by atoms with Crippen LogP contribution in [0, 0.1) is 0 Å². The van der Waals surface area contributed by atoms with Gasteiger partial charge in [-0.1, -0.05) is 42.0 Å². The molecule has 2 aliphatic heterocycles. The molecule has 0 saturated carbocycles. The van der Waals surface area contributed by atoms with Crippen molar-refractivity contribution in [3.8, 4) is 0 Å². The van der Waals surface area contributed by atoms with Crippen LogP contribution in [0.4, 0.5) is 0 Å². The van der Waals surface area contributed by atoms with Gasteiger partial charge in [0.1, 0.15) is 0 Å². The predicted molar refractivity (Wildman–Crippen MR) is 92.6 cm³/mol. The highest BCUT2D eigenvalue weighted by molar-refractivity contribution is 7.60. The Morgan fingerprint density at radius 3 is 1.86 bits per heavy atom. The normalized spacial score (nSPS) is 35.0. The van der Waals surface area contributed by atoms with Crippen molar-refractivity contribution in [3.63, 3.8) is 0 Å². The minimum atomic E-state index is -0.274. The summed E-state index contributed by atoms with van der Waals surface area (Å²) in [7, 11) is -0.00401. The van der Waals surface area contributed by atoms with Crippen molar-refractivity contribution in [3.05, 3.63) is 0 Å². The van der Waals surface area contributed by atoms with Crippen molar-refractivity contribution in [2.45, 2.75) is 95.2 Å². The van der Waals surface area contributed by atoms with Gasteiger partial charge >= 0.3 is 0 Å². The van der Waals surface area contributed by atoms with E-state index in [4.69, 9.17) is 9.47 Å². The molecule has 0 amide bonds. The van der Waals surface area contributed by atoms with E-state index in [1.165, 1.54) is 32.1 Å². The Hall–Kier alpha value is 0.350. The molecule has 0 bridgehead atoms. The number of hydrogen-bond acceptors (Lipinski definition) is 2. The van der Waals surface area contributed by atoms with Crippen molar-refractivity contribution in [1.82, 2.24) is 0 Å². The molecule has 2 nitrogen and oxygen atoms in total. The van der Waals surface area contributed by atoms with Crippen LogP contribution >= 0.6 is 7.92 Å². The van der Waals surface area contributed by atoms with Crippen LogP contribution in [-0.2, 0) is 9.47 Å². The maximum atomic E-state index is 6.31. The fourth-order valence-electron chi connectivity index (χ4n) is 4.86. The molecule has 2 heterocycles. The molecule has 2 rings (SSSR count). The quantitative estimate of drug-likeness (QED) is 0.621. The van der Waals surface area contributed by atoms with Crippen LogP contribution in [0.5, 0.6) is 0 Å². The summed E-state index contributed by atoms with van der Waals surface area (Å²) in [5, 5.41) is 0.891. The fourth-order valence-corrected chi connectivity index (χ4v) is 8.81. The van der Waals surface area contributed by atoms with E-state index in [0.29, 0.717) is 10.3 Å². The smallest absolute Gasteiger partial charge is 0.170 e. The first-order chi connectivity index (χ1) is 10.0. The Kier molecular flexibility index (Phi) is 5.77. The summed E-state index contributed by atoms with van der Waals surface area (Å²) in [6, 6.07) is 0. The highest BCUT2D eigenvalue weighted by Crippen LogP contribution is 2.71. The third-order valence-electron chi connectivity index (χ3n) is 6.33. The molecule has 0 N–H and O–H groups in total. The lowest BCUT2D eigenvalue weighted by molar-refractivity contribution is -0.283. The molecular weight excluding hydrogens is 279 g/mol. The first-order valence-electron chi connectivity index (χ1n) is 9.04. The van der Waals surface area contributed by atoms with Crippen LogP contribution in [-0.4, -0.2) is 36.0 Å². The highest BCUT2D eigenvalue weighted by atomic mass is 31.1. The molecule has 2 fully saturated rings. The van der Waals surface area contributed by atoms with Crippen molar-refractivity contribution in [1.29, 1.82) is 0 Å². The first kappa shape index (κ1) is 17.7. The van der Waals surface area contributed by atoms with E-state index >= 15 is 0 Å². The van der Waals surface area contributed by atoms with Gasteiger partial charge in [-0.05, 0) is 49.1 Å². The zero-order valence-corrected chi connectivity index (χ0v) is 15.7. The minimum Gasteiger partial charge on any atom is -0.350 e. The molecule has 21 heavy (non-hydrogen) atoms. The van der Waals surface area contributed by atoms with Crippen molar-refractivity contribution < 1.29 is 9.47 Å². The number of hydrogen-bond donors (Lipinski definition) is 0.